The van der Waals surface area contributed by atoms with Crippen molar-refractivity contribution in [3.05, 3.63) is 58.7 Å². The summed E-state index contributed by atoms with van der Waals surface area (Å²) in [5, 5.41) is 2.93. The van der Waals surface area contributed by atoms with E-state index in [2.05, 4.69) is 5.32 Å². The minimum atomic E-state index is -0.150. The van der Waals surface area contributed by atoms with Crippen LogP contribution in [0.2, 0.25) is 0 Å². The molecule has 5 nitrogen and oxygen atoms in total. The third-order valence-corrected chi connectivity index (χ3v) is 3.71. The fourth-order valence-corrected chi connectivity index (χ4v) is 2.33. The first-order valence-corrected chi connectivity index (χ1v) is 7.87. The summed E-state index contributed by atoms with van der Waals surface area (Å²) in [7, 11) is 1.63. The predicted octanol–water partition coefficient (Wildman–Crippen LogP) is 3.26. The Morgan fingerprint density at radius 2 is 1.88 bits per heavy atom. The van der Waals surface area contributed by atoms with Crippen molar-refractivity contribution in [2.24, 2.45) is 0 Å². The van der Waals surface area contributed by atoms with Gasteiger partial charge >= 0.3 is 0 Å². The van der Waals surface area contributed by atoms with E-state index in [1.54, 1.807) is 19.2 Å². The monoisotopic (exact) mass is 364 g/mol. The van der Waals surface area contributed by atoms with Gasteiger partial charge in [-0.1, -0.05) is 18.2 Å². The Labute approximate surface area is 154 Å². The van der Waals surface area contributed by atoms with Gasteiger partial charge in [0.1, 0.15) is 12.4 Å². The molecule has 6 heteroatoms. The minimum Gasteiger partial charge on any atom is -0.491 e. The van der Waals surface area contributed by atoms with E-state index in [9.17, 15) is 4.79 Å². The number of hydrogen-bond donors (Lipinski definition) is 2. The molecular weight excluding hydrogens is 340 g/mol. The van der Waals surface area contributed by atoms with Crippen molar-refractivity contribution >= 4 is 24.0 Å². The van der Waals surface area contributed by atoms with E-state index in [4.69, 9.17) is 15.2 Å². The number of aryl methyl sites for hydroxylation is 2. The third-order valence-electron chi connectivity index (χ3n) is 3.71. The van der Waals surface area contributed by atoms with Crippen LogP contribution in [0.1, 0.15) is 27.0 Å². The first kappa shape index (κ1) is 20.8. The molecule has 0 saturated carbocycles. The lowest BCUT2D eigenvalue weighted by Gasteiger charge is -2.14. The van der Waals surface area contributed by atoms with Gasteiger partial charge in [-0.15, -0.1) is 12.4 Å². The van der Waals surface area contributed by atoms with Gasteiger partial charge in [0.15, 0.2) is 0 Å². The lowest BCUT2D eigenvalue weighted by atomic mass is 10.1. The van der Waals surface area contributed by atoms with E-state index in [-0.39, 0.29) is 18.3 Å². The second-order valence-corrected chi connectivity index (χ2v) is 5.71. The van der Waals surface area contributed by atoms with Crippen LogP contribution in [0, 0.1) is 13.8 Å². The van der Waals surface area contributed by atoms with Crippen molar-refractivity contribution in [1.82, 2.24) is 5.32 Å². The number of benzene rings is 2. The summed E-state index contributed by atoms with van der Waals surface area (Å²) >= 11 is 0. The molecule has 0 aliphatic carbocycles. The van der Waals surface area contributed by atoms with Gasteiger partial charge in [0.25, 0.3) is 5.91 Å². The minimum absolute atomic E-state index is 0. The number of hydrogen-bond acceptors (Lipinski definition) is 4. The number of nitrogen functional groups attached to an aromatic ring is 1. The molecule has 136 valence electrons. The van der Waals surface area contributed by atoms with Crippen molar-refractivity contribution in [2.75, 3.05) is 26.1 Å². The Bertz CT molecular complexity index is 720. The van der Waals surface area contributed by atoms with E-state index >= 15 is 0 Å². The SMILES string of the molecule is COCCOc1cc(C)ccc1CNC(=O)c1cc(N)ccc1C.Cl. The number of nitrogens with two attached hydrogens (primary N) is 1. The Morgan fingerprint density at radius 3 is 2.60 bits per heavy atom. The maximum absolute atomic E-state index is 12.4. The van der Waals surface area contributed by atoms with Crippen LogP contribution in [0.3, 0.4) is 0 Å². The van der Waals surface area contributed by atoms with E-state index < -0.39 is 0 Å². The quantitative estimate of drug-likeness (QED) is 0.584. The molecule has 1 amide bonds. The average Bonchev–Trinajstić information content (AvgIpc) is 2.56. The summed E-state index contributed by atoms with van der Waals surface area (Å²) in [5.74, 6) is 0.611. The summed E-state index contributed by atoms with van der Waals surface area (Å²) < 4.78 is 10.8. The van der Waals surface area contributed by atoms with Crippen molar-refractivity contribution in [3.63, 3.8) is 0 Å². The highest BCUT2D eigenvalue weighted by Gasteiger charge is 2.11. The molecule has 0 bridgehead atoms. The molecule has 0 radical (unpaired) electrons. The Morgan fingerprint density at radius 1 is 1.12 bits per heavy atom. The zero-order valence-electron chi connectivity index (χ0n) is 14.8. The molecule has 0 fully saturated rings. The largest absolute Gasteiger partial charge is 0.491 e. The molecule has 3 N–H and O–H groups in total. The molecule has 25 heavy (non-hydrogen) atoms. The maximum Gasteiger partial charge on any atom is 0.251 e. The molecule has 0 spiro atoms. The van der Waals surface area contributed by atoms with Crippen molar-refractivity contribution in [3.8, 4) is 5.75 Å². The molecule has 0 atom stereocenters. The second-order valence-electron chi connectivity index (χ2n) is 5.71. The highest BCUT2D eigenvalue weighted by molar-refractivity contribution is 5.96. The fourth-order valence-electron chi connectivity index (χ4n) is 2.33. The number of carbonyl (C=O) groups is 1. The first-order valence-electron chi connectivity index (χ1n) is 7.87. The standard InChI is InChI=1S/C19H24N2O3.ClH/c1-13-4-6-15(18(10-13)24-9-8-23-3)12-21-19(22)17-11-16(20)7-5-14(17)2;/h4-7,10-11H,8-9,12,20H2,1-3H3,(H,21,22);1H. The summed E-state index contributed by atoms with van der Waals surface area (Å²) in [6.07, 6.45) is 0. The van der Waals surface area contributed by atoms with Crippen LogP contribution in [0.25, 0.3) is 0 Å². The van der Waals surface area contributed by atoms with Crippen LogP contribution in [-0.2, 0) is 11.3 Å². The molecule has 2 aromatic carbocycles. The van der Waals surface area contributed by atoms with Crippen LogP contribution in [-0.4, -0.2) is 26.2 Å². The third kappa shape index (κ3) is 5.96. The van der Waals surface area contributed by atoms with Gasteiger partial charge in [-0.25, -0.2) is 0 Å². The van der Waals surface area contributed by atoms with Gasteiger partial charge in [0.2, 0.25) is 0 Å². The number of methoxy groups -OCH3 is 1. The molecule has 0 aliphatic heterocycles. The maximum atomic E-state index is 12.4. The normalized spacial score (nSPS) is 10.0. The zero-order chi connectivity index (χ0) is 17.5. The number of amides is 1. The number of halogens is 1. The van der Waals surface area contributed by atoms with Gasteiger partial charge in [-0.05, 0) is 43.2 Å². The lowest BCUT2D eigenvalue weighted by Crippen LogP contribution is -2.24. The van der Waals surface area contributed by atoms with Crippen LogP contribution in [0.15, 0.2) is 36.4 Å². The molecular formula is C19H25ClN2O3. The van der Waals surface area contributed by atoms with Crippen LogP contribution >= 0.6 is 12.4 Å². The van der Waals surface area contributed by atoms with E-state index in [0.717, 1.165) is 22.4 Å². The topological polar surface area (TPSA) is 73.6 Å². The highest BCUT2D eigenvalue weighted by Crippen LogP contribution is 2.21. The second kappa shape index (κ2) is 9.91. The van der Waals surface area contributed by atoms with Crippen molar-refractivity contribution < 1.29 is 14.3 Å². The number of nitrogens with one attached hydrogen (secondary N) is 1. The van der Waals surface area contributed by atoms with Crippen LogP contribution < -0.4 is 15.8 Å². The Hall–Kier alpha value is -2.24. The Kier molecular flexibility index (Phi) is 8.25. The molecule has 0 unspecified atom stereocenters. The average molecular weight is 365 g/mol. The summed E-state index contributed by atoms with van der Waals surface area (Å²) in [6, 6.07) is 11.2. The summed E-state index contributed by atoms with van der Waals surface area (Å²) in [6.45, 7) is 5.26. The van der Waals surface area contributed by atoms with Gasteiger partial charge in [0, 0.05) is 30.5 Å². The fraction of sp³-hybridized carbons (Fsp3) is 0.316. The van der Waals surface area contributed by atoms with Gasteiger partial charge < -0.3 is 20.5 Å². The lowest BCUT2D eigenvalue weighted by molar-refractivity contribution is 0.0949. The van der Waals surface area contributed by atoms with Crippen molar-refractivity contribution in [2.45, 2.75) is 20.4 Å². The number of ether oxygens (including phenoxy) is 2. The number of rotatable bonds is 7. The predicted molar refractivity (Wildman–Crippen MR) is 103 cm³/mol. The van der Waals surface area contributed by atoms with Gasteiger partial charge in [-0.2, -0.15) is 0 Å². The smallest absolute Gasteiger partial charge is 0.251 e. The van der Waals surface area contributed by atoms with E-state index in [1.165, 1.54) is 0 Å². The molecule has 2 rings (SSSR count). The van der Waals surface area contributed by atoms with E-state index in [1.807, 2.05) is 38.1 Å². The molecule has 0 aromatic heterocycles. The van der Waals surface area contributed by atoms with Gasteiger partial charge in [0.05, 0.1) is 6.61 Å². The highest BCUT2D eigenvalue weighted by atomic mass is 35.5. The molecule has 0 aliphatic rings. The molecule has 2 aromatic rings. The molecule has 0 saturated heterocycles. The van der Waals surface area contributed by atoms with Crippen LogP contribution in [0.5, 0.6) is 5.75 Å². The summed E-state index contributed by atoms with van der Waals surface area (Å²) in [4.78, 5) is 12.4. The Balaban J connectivity index is 0.00000312. The van der Waals surface area contributed by atoms with E-state index in [0.29, 0.717) is 31.0 Å². The zero-order valence-corrected chi connectivity index (χ0v) is 15.6. The number of anilines is 1. The first-order chi connectivity index (χ1) is 11.5. The van der Waals surface area contributed by atoms with Crippen LogP contribution in [0.4, 0.5) is 5.69 Å². The number of carbonyl (C=O) groups excluding carboxylic acids is 1. The van der Waals surface area contributed by atoms with Crippen molar-refractivity contribution in [1.29, 1.82) is 0 Å². The van der Waals surface area contributed by atoms with Gasteiger partial charge in [-0.3, -0.25) is 4.79 Å². The summed E-state index contributed by atoms with van der Waals surface area (Å²) in [5.41, 5.74) is 9.85. The molecule has 0 heterocycles.